The van der Waals surface area contributed by atoms with Gasteiger partial charge in [-0.2, -0.15) is 13.2 Å². The maximum Gasteiger partial charge on any atom is 0.416 e. The van der Waals surface area contributed by atoms with Gasteiger partial charge >= 0.3 is 6.18 Å². The van der Waals surface area contributed by atoms with Crippen LogP contribution < -0.4 is 11.1 Å². The monoisotopic (exact) mass is 296 g/mol. The van der Waals surface area contributed by atoms with Crippen LogP contribution in [-0.2, 0) is 12.6 Å². The van der Waals surface area contributed by atoms with Gasteiger partial charge in [0.15, 0.2) is 0 Å². The maximum atomic E-state index is 12.5. The van der Waals surface area contributed by atoms with E-state index >= 15 is 0 Å². The molecular formula is C14H15F3N4. The molecule has 0 aliphatic rings. The Hall–Kier alpha value is -2.15. The van der Waals surface area contributed by atoms with Crippen LogP contribution in [0.5, 0.6) is 0 Å². The summed E-state index contributed by atoms with van der Waals surface area (Å²) < 4.78 is 37.4. The molecule has 0 aliphatic heterocycles. The molecule has 112 valence electrons. The molecule has 2 aromatic rings. The van der Waals surface area contributed by atoms with E-state index in [1.807, 2.05) is 0 Å². The minimum atomic E-state index is -4.31. The Kier molecular flexibility index (Phi) is 4.74. The van der Waals surface area contributed by atoms with Gasteiger partial charge in [-0.15, -0.1) is 0 Å². The summed E-state index contributed by atoms with van der Waals surface area (Å²) in [6, 6.07) is 6.79. The van der Waals surface area contributed by atoms with E-state index in [0.717, 1.165) is 23.4 Å². The summed E-state index contributed by atoms with van der Waals surface area (Å²) in [4.78, 5) is 8.32. The average molecular weight is 296 g/mol. The number of rotatable bonds is 5. The number of halogens is 3. The lowest BCUT2D eigenvalue weighted by atomic mass is 10.1. The van der Waals surface area contributed by atoms with E-state index in [4.69, 9.17) is 5.73 Å². The maximum absolute atomic E-state index is 12.5. The first-order valence-electron chi connectivity index (χ1n) is 6.41. The summed E-state index contributed by atoms with van der Waals surface area (Å²) in [5.41, 5.74) is 6.21. The van der Waals surface area contributed by atoms with Crippen molar-refractivity contribution >= 4 is 5.95 Å². The molecule has 0 saturated heterocycles. The topological polar surface area (TPSA) is 63.8 Å². The van der Waals surface area contributed by atoms with Gasteiger partial charge in [-0.05, 0) is 23.8 Å². The van der Waals surface area contributed by atoms with Crippen LogP contribution >= 0.6 is 0 Å². The van der Waals surface area contributed by atoms with E-state index in [-0.39, 0.29) is 0 Å². The van der Waals surface area contributed by atoms with E-state index in [1.54, 1.807) is 12.3 Å². The van der Waals surface area contributed by atoms with Gasteiger partial charge in [-0.25, -0.2) is 9.97 Å². The highest BCUT2D eigenvalue weighted by atomic mass is 19.4. The van der Waals surface area contributed by atoms with Gasteiger partial charge < -0.3 is 11.1 Å². The molecule has 1 aromatic carbocycles. The number of nitrogens with one attached hydrogen (secondary N) is 1. The molecule has 0 amide bonds. The van der Waals surface area contributed by atoms with Gasteiger partial charge in [0.2, 0.25) is 5.95 Å². The third-order valence-electron chi connectivity index (χ3n) is 2.81. The Labute approximate surface area is 120 Å². The molecule has 0 bridgehead atoms. The van der Waals surface area contributed by atoms with Crippen molar-refractivity contribution in [1.82, 2.24) is 9.97 Å². The summed E-state index contributed by atoms with van der Waals surface area (Å²) in [5, 5.41) is 2.95. The Bertz CT molecular complexity index is 582. The summed E-state index contributed by atoms with van der Waals surface area (Å²) >= 11 is 0. The van der Waals surface area contributed by atoms with E-state index < -0.39 is 11.7 Å². The van der Waals surface area contributed by atoms with Crippen LogP contribution in [0.15, 0.2) is 36.5 Å². The van der Waals surface area contributed by atoms with Crippen LogP contribution in [0.1, 0.15) is 16.8 Å². The number of anilines is 1. The summed E-state index contributed by atoms with van der Waals surface area (Å²) in [6.07, 6.45) is -2.27. The number of nitrogens with two attached hydrogens (primary N) is 1. The highest BCUT2D eigenvalue weighted by molar-refractivity contribution is 5.30. The number of hydrogen-bond donors (Lipinski definition) is 2. The molecule has 0 unspecified atom stereocenters. The zero-order valence-corrected chi connectivity index (χ0v) is 11.2. The van der Waals surface area contributed by atoms with Crippen LogP contribution in [0.2, 0.25) is 0 Å². The summed E-state index contributed by atoms with van der Waals surface area (Å²) in [6.45, 7) is 1.02. The summed E-state index contributed by atoms with van der Waals surface area (Å²) in [7, 11) is 0. The predicted molar refractivity (Wildman–Crippen MR) is 73.8 cm³/mol. The highest BCUT2D eigenvalue weighted by Crippen LogP contribution is 2.29. The number of nitrogens with zero attached hydrogens (tertiary/aromatic N) is 2. The molecule has 0 fully saturated rings. The van der Waals surface area contributed by atoms with Gasteiger partial charge in [0.1, 0.15) is 0 Å². The van der Waals surface area contributed by atoms with Crippen LogP contribution in [0.3, 0.4) is 0 Å². The second-order valence-electron chi connectivity index (χ2n) is 4.46. The fourth-order valence-corrected chi connectivity index (χ4v) is 1.78. The molecule has 7 heteroatoms. The van der Waals surface area contributed by atoms with Crippen molar-refractivity contribution in [3.63, 3.8) is 0 Å². The standard InChI is InChI=1S/C14H15F3N4/c15-14(16,17)11-3-1-10(2-4-11)9-12-5-7-19-13(21-12)20-8-6-18/h1-5,7H,6,8-9,18H2,(H,19,20,21). The van der Waals surface area contributed by atoms with Crippen LogP contribution in [-0.4, -0.2) is 23.1 Å². The van der Waals surface area contributed by atoms with E-state index in [2.05, 4.69) is 15.3 Å². The van der Waals surface area contributed by atoms with Crippen molar-refractivity contribution in [1.29, 1.82) is 0 Å². The molecule has 4 nitrogen and oxygen atoms in total. The van der Waals surface area contributed by atoms with Crippen LogP contribution in [0.25, 0.3) is 0 Å². The SMILES string of the molecule is NCCNc1nccc(Cc2ccc(C(F)(F)F)cc2)n1. The molecule has 3 N–H and O–H groups in total. The van der Waals surface area contributed by atoms with Gasteiger partial charge in [0, 0.05) is 25.7 Å². The molecule has 2 rings (SSSR count). The van der Waals surface area contributed by atoms with E-state index in [0.29, 0.717) is 25.5 Å². The largest absolute Gasteiger partial charge is 0.416 e. The molecule has 0 aliphatic carbocycles. The van der Waals surface area contributed by atoms with E-state index in [1.165, 1.54) is 12.1 Å². The van der Waals surface area contributed by atoms with Crippen molar-refractivity contribution in [2.24, 2.45) is 5.73 Å². The van der Waals surface area contributed by atoms with Gasteiger partial charge in [-0.1, -0.05) is 12.1 Å². The average Bonchev–Trinajstić information content (AvgIpc) is 2.45. The molecule has 0 saturated carbocycles. The van der Waals surface area contributed by atoms with Gasteiger partial charge in [0.25, 0.3) is 0 Å². The number of aromatic nitrogens is 2. The zero-order chi connectivity index (χ0) is 15.3. The smallest absolute Gasteiger partial charge is 0.353 e. The molecule has 1 aromatic heterocycles. The molecule has 21 heavy (non-hydrogen) atoms. The van der Waals surface area contributed by atoms with Crippen molar-refractivity contribution in [2.75, 3.05) is 18.4 Å². The molecule has 0 atom stereocenters. The van der Waals surface area contributed by atoms with Crippen molar-refractivity contribution in [3.05, 3.63) is 53.3 Å². The first-order valence-corrected chi connectivity index (χ1v) is 6.41. The molecular weight excluding hydrogens is 281 g/mol. The van der Waals surface area contributed by atoms with Crippen molar-refractivity contribution < 1.29 is 13.2 Å². The molecule has 1 heterocycles. The van der Waals surface area contributed by atoms with Crippen LogP contribution in [0.4, 0.5) is 19.1 Å². The lowest BCUT2D eigenvalue weighted by Crippen LogP contribution is -2.15. The Balaban J connectivity index is 2.07. The van der Waals surface area contributed by atoms with Crippen LogP contribution in [0, 0.1) is 0 Å². The Morgan fingerprint density at radius 1 is 1.10 bits per heavy atom. The Morgan fingerprint density at radius 2 is 1.81 bits per heavy atom. The minimum absolute atomic E-state index is 0.442. The third kappa shape index (κ3) is 4.42. The Morgan fingerprint density at radius 3 is 2.43 bits per heavy atom. The predicted octanol–water partition coefficient (Wildman–Crippen LogP) is 2.46. The van der Waals surface area contributed by atoms with Gasteiger partial charge in [0.05, 0.1) is 11.3 Å². The van der Waals surface area contributed by atoms with Crippen molar-refractivity contribution in [3.8, 4) is 0 Å². The molecule has 0 spiro atoms. The van der Waals surface area contributed by atoms with Crippen molar-refractivity contribution in [2.45, 2.75) is 12.6 Å². The number of benzene rings is 1. The lowest BCUT2D eigenvalue weighted by Gasteiger charge is -2.08. The highest BCUT2D eigenvalue weighted by Gasteiger charge is 2.29. The molecule has 0 radical (unpaired) electrons. The minimum Gasteiger partial charge on any atom is -0.353 e. The summed E-state index contributed by atoms with van der Waals surface area (Å²) in [5.74, 6) is 0.463. The zero-order valence-electron chi connectivity index (χ0n) is 11.2. The second kappa shape index (κ2) is 6.53. The fourth-order valence-electron chi connectivity index (χ4n) is 1.78. The quantitative estimate of drug-likeness (QED) is 0.889. The number of hydrogen-bond acceptors (Lipinski definition) is 4. The number of alkyl halides is 3. The lowest BCUT2D eigenvalue weighted by molar-refractivity contribution is -0.137. The van der Waals surface area contributed by atoms with E-state index in [9.17, 15) is 13.2 Å². The first-order chi connectivity index (χ1) is 9.99. The van der Waals surface area contributed by atoms with Gasteiger partial charge in [-0.3, -0.25) is 0 Å². The first kappa shape index (κ1) is 15.2. The normalized spacial score (nSPS) is 11.4. The second-order valence-corrected chi connectivity index (χ2v) is 4.46. The third-order valence-corrected chi connectivity index (χ3v) is 2.81. The fraction of sp³-hybridized carbons (Fsp3) is 0.286.